The van der Waals surface area contributed by atoms with Crippen molar-refractivity contribution in [3.05, 3.63) is 24.2 Å². The van der Waals surface area contributed by atoms with Crippen LogP contribution in [0.3, 0.4) is 0 Å². The molecule has 0 radical (unpaired) electrons. The minimum absolute atomic E-state index is 0.0731. The molecule has 0 saturated heterocycles. The van der Waals surface area contributed by atoms with E-state index >= 15 is 0 Å². The van der Waals surface area contributed by atoms with E-state index in [1.807, 2.05) is 16.9 Å². The molecule has 0 amide bonds. The van der Waals surface area contributed by atoms with Crippen LogP contribution in [0.1, 0.15) is 19.1 Å². The standard InChI is InChI=1S/C11H15N3O2/c1-2-4-14-8-9(7-12-14)11-6-10(3-5-15)16-13-11/h6-8,15H,2-5H2,1H3. The second kappa shape index (κ2) is 4.94. The fourth-order valence-electron chi connectivity index (χ4n) is 1.52. The van der Waals surface area contributed by atoms with Gasteiger partial charge in [0.15, 0.2) is 0 Å². The van der Waals surface area contributed by atoms with Gasteiger partial charge in [-0.15, -0.1) is 0 Å². The van der Waals surface area contributed by atoms with E-state index in [0.29, 0.717) is 12.2 Å². The monoisotopic (exact) mass is 221 g/mol. The number of aryl methyl sites for hydroxylation is 1. The maximum atomic E-state index is 8.77. The van der Waals surface area contributed by atoms with Crippen LogP contribution in [0, 0.1) is 0 Å². The molecule has 0 aliphatic carbocycles. The topological polar surface area (TPSA) is 64.1 Å². The molecule has 0 unspecified atom stereocenters. The van der Waals surface area contributed by atoms with Gasteiger partial charge in [0.1, 0.15) is 11.5 Å². The maximum Gasteiger partial charge on any atom is 0.139 e. The van der Waals surface area contributed by atoms with Crippen molar-refractivity contribution in [2.75, 3.05) is 6.61 Å². The van der Waals surface area contributed by atoms with Crippen molar-refractivity contribution in [3.8, 4) is 11.3 Å². The van der Waals surface area contributed by atoms with E-state index < -0.39 is 0 Å². The lowest BCUT2D eigenvalue weighted by Gasteiger charge is -1.94. The molecule has 86 valence electrons. The number of nitrogens with zero attached hydrogens (tertiary/aromatic N) is 3. The Kier molecular flexibility index (Phi) is 3.36. The van der Waals surface area contributed by atoms with Gasteiger partial charge in [-0.3, -0.25) is 4.68 Å². The first-order valence-corrected chi connectivity index (χ1v) is 5.42. The normalized spacial score (nSPS) is 10.9. The van der Waals surface area contributed by atoms with E-state index in [-0.39, 0.29) is 6.61 Å². The van der Waals surface area contributed by atoms with E-state index in [9.17, 15) is 0 Å². The molecule has 0 fully saturated rings. The SMILES string of the molecule is CCCn1cc(-c2cc(CCO)on2)cn1. The lowest BCUT2D eigenvalue weighted by molar-refractivity contribution is 0.277. The highest BCUT2D eigenvalue weighted by Crippen LogP contribution is 2.18. The summed E-state index contributed by atoms with van der Waals surface area (Å²) in [6.45, 7) is 3.09. The van der Waals surface area contributed by atoms with Crippen LogP contribution in [0.25, 0.3) is 11.3 Å². The lowest BCUT2D eigenvalue weighted by Crippen LogP contribution is -1.95. The molecule has 0 bridgehead atoms. The van der Waals surface area contributed by atoms with E-state index in [1.54, 1.807) is 6.20 Å². The fraction of sp³-hybridized carbons (Fsp3) is 0.455. The summed E-state index contributed by atoms with van der Waals surface area (Å²) in [6, 6.07) is 1.84. The minimum atomic E-state index is 0.0731. The average Bonchev–Trinajstić information content (AvgIpc) is 2.87. The van der Waals surface area contributed by atoms with Gasteiger partial charge >= 0.3 is 0 Å². The molecule has 2 aromatic rings. The third-order valence-electron chi connectivity index (χ3n) is 2.30. The first-order chi connectivity index (χ1) is 7.83. The van der Waals surface area contributed by atoms with Crippen molar-refractivity contribution < 1.29 is 9.63 Å². The molecular formula is C11H15N3O2. The second-order valence-electron chi connectivity index (χ2n) is 3.64. The molecule has 16 heavy (non-hydrogen) atoms. The van der Waals surface area contributed by atoms with Gasteiger partial charge in [-0.25, -0.2) is 0 Å². The number of hydrogen-bond donors (Lipinski definition) is 1. The Morgan fingerprint density at radius 3 is 3.12 bits per heavy atom. The van der Waals surface area contributed by atoms with Gasteiger partial charge in [0.25, 0.3) is 0 Å². The molecule has 0 aliphatic rings. The third-order valence-corrected chi connectivity index (χ3v) is 2.30. The molecule has 5 nitrogen and oxygen atoms in total. The van der Waals surface area contributed by atoms with E-state index in [0.717, 1.165) is 24.2 Å². The smallest absolute Gasteiger partial charge is 0.139 e. The van der Waals surface area contributed by atoms with Crippen LogP contribution in [0.4, 0.5) is 0 Å². The summed E-state index contributed by atoms with van der Waals surface area (Å²) in [5.41, 5.74) is 1.71. The molecule has 0 saturated carbocycles. The van der Waals surface area contributed by atoms with Gasteiger partial charge in [-0.05, 0) is 6.42 Å². The highest BCUT2D eigenvalue weighted by atomic mass is 16.5. The van der Waals surface area contributed by atoms with Gasteiger partial charge in [-0.2, -0.15) is 5.10 Å². The zero-order valence-corrected chi connectivity index (χ0v) is 9.26. The van der Waals surface area contributed by atoms with Crippen LogP contribution in [-0.2, 0) is 13.0 Å². The summed E-state index contributed by atoms with van der Waals surface area (Å²) in [6.07, 6.45) is 5.27. The molecule has 1 N–H and O–H groups in total. The molecule has 0 spiro atoms. The Bertz CT molecular complexity index is 405. The first kappa shape index (κ1) is 10.9. The molecular weight excluding hydrogens is 206 g/mol. The van der Waals surface area contributed by atoms with Gasteiger partial charge in [0.2, 0.25) is 0 Å². The fourth-order valence-corrected chi connectivity index (χ4v) is 1.52. The zero-order valence-electron chi connectivity index (χ0n) is 9.26. The third kappa shape index (κ3) is 2.30. The van der Waals surface area contributed by atoms with Crippen molar-refractivity contribution in [1.82, 2.24) is 14.9 Å². The quantitative estimate of drug-likeness (QED) is 0.830. The van der Waals surface area contributed by atoms with Crippen LogP contribution in [0.5, 0.6) is 0 Å². The minimum Gasteiger partial charge on any atom is -0.396 e. The number of rotatable bonds is 5. The Morgan fingerprint density at radius 2 is 2.38 bits per heavy atom. The van der Waals surface area contributed by atoms with Crippen molar-refractivity contribution in [2.24, 2.45) is 0 Å². The van der Waals surface area contributed by atoms with Gasteiger partial charge < -0.3 is 9.63 Å². The summed E-state index contributed by atoms with van der Waals surface area (Å²) >= 11 is 0. The molecule has 2 heterocycles. The summed E-state index contributed by atoms with van der Waals surface area (Å²) < 4.78 is 6.97. The summed E-state index contributed by atoms with van der Waals surface area (Å²) in [4.78, 5) is 0. The number of aliphatic hydroxyl groups is 1. The maximum absolute atomic E-state index is 8.77. The van der Waals surface area contributed by atoms with Gasteiger partial charge in [0, 0.05) is 30.8 Å². The average molecular weight is 221 g/mol. The Hall–Kier alpha value is -1.62. The van der Waals surface area contributed by atoms with Gasteiger partial charge in [-0.1, -0.05) is 12.1 Å². The number of aliphatic hydroxyl groups excluding tert-OH is 1. The summed E-state index contributed by atoms with van der Waals surface area (Å²) in [5, 5.41) is 16.9. The van der Waals surface area contributed by atoms with Crippen LogP contribution in [0.15, 0.2) is 23.0 Å². The second-order valence-corrected chi connectivity index (χ2v) is 3.64. The Labute approximate surface area is 93.7 Å². The van der Waals surface area contributed by atoms with E-state index in [4.69, 9.17) is 9.63 Å². The predicted molar refractivity (Wildman–Crippen MR) is 58.8 cm³/mol. The van der Waals surface area contributed by atoms with Crippen LogP contribution >= 0.6 is 0 Å². The Balaban J connectivity index is 2.14. The Morgan fingerprint density at radius 1 is 1.50 bits per heavy atom. The van der Waals surface area contributed by atoms with Crippen LogP contribution < -0.4 is 0 Å². The van der Waals surface area contributed by atoms with Crippen molar-refractivity contribution in [3.63, 3.8) is 0 Å². The van der Waals surface area contributed by atoms with Crippen molar-refractivity contribution in [2.45, 2.75) is 26.3 Å². The molecule has 0 atom stereocenters. The highest BCUT2D eigenvalue weighted by Gasteiger charge is 2.08. The van der Waals surface area contributed by atoms with Crippen LogP contribution in [0.2, 0.25) is 0 Å². The molecule has 0 aliphatic heterocycles. The highest BCUT2D eigenvalue weighted by molar-refractivity contribution is 5.56. The lowest BCUT2D eigenvalue weighted by atomic mass is 10.2. The number of aromatic nitrogens is 3. The number of hydrogen-bond acceptors (Lipinski definition) is 4. The molecule has 0 aromatic carbocycles. The van der Waals surface area contributed by atoms with Crippen molar-refractivity contribution in [1.29, 1.82) is 0 Å². The van der Waals surface area contributed by atoms with E-state index in [2.05, 4.69) is 17.2 Å². The summed E-state index contributed by atoms with van der Waals surface area (Å²) in [7, 11) is 0. The summed E-state index contributed by atoms with van der Waals surface area (Å²) in [5.74, 6) is 0.695. The molecule has 5 heteroatoms. The van der Waals surface area contributed by atoms with E-state index in [1.165, 1.54) is 0 Å². The van der Waals surface area contributed by atoms with Crippen molar-refractivity contribution >= 4 is 0 Å². The largest absolute Gasteiger partial charge is 0.396 e. The molecule has 2 aromatic heterocycles. The van der Waals surface area contributed by atoms with Gasteiger partial charge in [0.05, 0.1) is 12.8 Å². The predicted octanol–water partition coefficient (Wildman–Crippen LogP) is 1.48. The zero-order chi connectivity index (χ0) is 11.4. The molecule has 2 rings (SSSR count). The first-order valence-electron chi connectivity index (χ1n) is 5.42. The van der Waals surface area contributed by atoms with Crippen LogP contribution in [-0.4, -0.2) is 26.7 Å².